The standard InChI is InChI=1S/C15H22BrN3O/c1-11-4-5-13(12(16)10-11)18-14(20)15(2,3)19-8-6-17-7-9-19/h4-5,10,17H,6-9H2,1-3H3,(H,18,20). The van der Waals surface area contributed by atoms with Gasteiger partial charge in [-0.05, 0) is 54.4 Å². The summed E-state index contributed by atoms with van der Waals surface area (Å²) in [4.78, 5) is 14.8. The number of anilines is 1. The van der Waals surface area contributed by atoms with Gasteiger partial charge in [0.25, 0.3) is 0 Å². The van der Waals surface area contributed by atoms with Gasteiger partial charge in [0.2, 0.25) is 5.91 Å². The molecule has 2 rings (SSSR count). The Morgan fingerprint density at radius 2 is 2.00 bits per heavy atom. The molecule has 0 saturated carbocycles. The van der Waals surface area contributed by atoms with Crippen LogP contribution in [0.5, 0.6) is 0 Å². The van der Waals surface area contributed by atoms with E-state index in [-0.39, 0.29) is 5.91 Å². The van der Waals surface area contributed by atoms with E-state index >= 15 is 0 Å². The molecule has 1 heterocycles. The Morgan fingerprint density at radius 1 is 1.35 bits per heavy atom. The molecule has 0 bridgehead atoms. The highest BCUT2D eigenvalue weighted by molar-refractivity contribution is 9.10. The fourth-order valence-electron chi connectivity index (χ4n) is 2.36. The van der Waals surface area contributed by atoms with E-state index in [0.717, 1.165) is 41.9 Å². The smallest absolute Gasteiger partial charge is 0.244 e. The van der Waals surface area contributed by atoms with Crippen molar-refractivity contribution in [3.8, 4) is 0 Å². The molecule has 2 N–H and O–H groups in total. The van der Waals surface area contributed by atoms with Crippen LogP contribution in [0.25, 0.3) is 0 Å². The Labute approximate surface area is 129 Å². The van der Waals surface area contributed by atoms with Crippen LogP contribution in [-0.2, 0) is 4.79 Å². The number of carbonyl (C=O) groups is 1. The third-order valence-corrected chi connectivity index (χ3v) is 4.49. The van der Waals surface area contributed by atoms with Crippen LogP contribution in [0.3, 0.4) is 0 Å². The van der Waals surface area contributed by atoms with Gasteiger partial charge in [0.15, 0.2) is 0 Å². The van der Waals surface area contributed by atoms with Gasteiger partial charge < -0.3 is 10.6 Å². The maximum atomic E-state index is 12.6. The number of aryl methyl sites for hydroxylation is 1. The number of piperazine rings is 1. The lowest BCUT2D eigenvalue weighted by molar-refractivity contribution is -0.126. The second-order valence-corrected chi connectivity index (χ2v) is 6.59. The summed E-state index contributed by atoms with van der Waals surface area (Å²) in [6.07, 6.45) is 0. The zero-order valence-corrected chi connectivity index (χ0v) is 13.9. The van der Waals surface area contributed by atoms with E-state index < -0.39 is 5.54 Å². The fraction of sp³-hybridized carbons (Fsp3) is 0.533. The first-order valence-corrected chi connectivity index (χ1v) is 7.74. The molecule has 1 saturated heterocycles. The van der Waals surface area contributed by atoms with Crippen LogP contribution in [0.15, 0.2) is 22.7 Å². The Morgan fingerprint density at radius 3 is 2.60 bits per heavy atom. The molecule has 1 aliphatic heterocycles. The van der Waals surface area contributed by atoms with E-state index in [0.29, 0.717) is 0 Å². The second kappa shape index (κ2) is 6.24. The maximum absolute atomic E-state index is 12.6. The summed E-state index contributed by atoms with van der Waals surface area (Å²) in [6, 6.07) is 5.94. The highest BCUT2D eigenvalue weighted by Crippen LogP contribution is 2.25. The molecule has 1 aromatic carbocycles. The van der Waals surface area contributed by atoms with Crippen molar-refractivity contribution in [2.24, 2.45) is 0 Å². The van der Waals surface area contributed by atoms with Crippen LogP contribution in [0.4, 0.5) is 5.69 Å². The van der Waals surface area contributed by atoms with Crippen LogP contribution in [-0.4, -0.2) is 42.5 Å². The minimum absolute atomic E-state index is 0.0314. The first kappa shape index (κ1) is 15.5. The quantitative estimate of drug-likeness (QED) is 0.888. The van der Waals surface area contributed by atoms with Crippen LogP contribution < -0.4 is 10.6 Å². The number of rotatable bonds is 3. The SMILES string of the molecule is Cc1ccc(NC(=O)C(C)(C)N2CCNCC2)c(Br)c1. The van der Waals surface area contributed by atoms with Crippen molar-refractivity contribution in [3.63, 3.8) is 0 Å². The minimum Gasteiger partial charge on any atom is -0.323 e. The van der Waals surface area contributed by atoms with Gasteiger partial charge in [-0.1, -0.05) is 6.07 Å². The molecule has 20 heavy (non-hydrogen) atoms. The third kappa shape index (κ3) is 3.40. The molecule has 0 unspecified atom stereocenters. The summed E-state index contributed by atoms with van der Waals surface area (Å²) in [5.41, 5.74) is 1.48. The van der Waals surface area contributed by atoms with Gasteiger partial charge in [0.1, 0.15) is 0 Å². The summed E-state index contributed by atoms with van der Waals surface area (Å²) >= 11 is 3.50. The average Bonchev–Trinajstić information content (AvgIpc) is 2.42. The van der Waals surface area contributed by atoms with Crippen molar-refractivity contribution in [1.29, 1.82) is 0 Å². The van der Waals surface area contributed by atoms with Crippen LogP contribution in [0.2, 0.25) is 0 Å². The molecule has 5 heteroatoms. The van der Waals surface area contributed by atoms with Crippen LogP contribution in [0, 0.1) is 6.92 Å². The molecular weight excluding hydrogens is 318 g/mol. The molecule has 0 aromatic heterocycles. The molecule has 0 spiro atoms. The monoisotopic (exact) mass is 339 g/mol. The van der Waals surface area contributed by atoms with E-state index in [2.05, 4.69) is 31.5 Å². The molecule has 4 nitrogen and oxygen atoms in total. The second-order valence-electron chi connectivity index (χ2n) is 5.73. The van der Waals surface area contributed by atoms with Crippen LogP contribution >= 0.6 is 15.9 Å². The third-order valence-electron chi connectivity index (χ3n) is 3.84. The van der Waals surface area contributed by atoms with Crippen molar-refractivity contribution in [2.45, 2.75) is 26.3 Å². The number of hydrogen-bond donors (Lipinski definition) is 2. The summed E-state index contributed by atoms with van der Waals surface area (Å²) in [5.74, 6) is 0.0314. The van der Waals surface area contributed by atoms with Crippen molar-refractivity contribution >= 4 is 27.5 Å². The highest BCUT2D eigenvalue weighted by atomic mass is 79.9. The van der Waals surface area contributed by atoms with E-state index in [4.69, 9.17) is 0 Å². The maximum Gasteiger partial charge on any atom is 0.244 e. The number of benzene rings is 1. The predicted octanol–water partition coefficient (Wildman–Crippen LogP) is 2.38. The van der Waals surface area contributed by atoms with E-state index in [9.17, 15) is 4.79 Å². The van der Waals surface area contributed by atoms with Crippen molar-refractivity contribution in [1.82, 2.24) is 10.2 Å². The Bertz CT molecular complexity index is 496. The lowest BCUT2D eigenvalue weighted by atomic mass is 10.00. The molecule has 1 aliphatic rings. The van der Waals surface area contributed by atoms with Gasteiger partial charge >= 0.3 is 0 Å². The van der Waals surface area contributed by atoms with Gasteiger partial charge in [0, 0.05) is 30.7 Å². The van der Waals surface area contributed by atoms with Crippen LogP contribution in [0.1, 0.15) is 19.4 Å². The Kier molecular flexibility index (Phi) is 4.83. The van der Waals surface area contributed by atoms with Crippen molar-refractivity contribution < 1.29 is 4.79 Å². The largest absolute Gasteiger partial charge is 0.323 e. The number of hydrogen-bond acceptors (Lipinski definition) is 3. The minimum atomic E-state index is -0.508. The highest BCUT2D eigenvalue weighted by Gasteiger charge is 2.35. The van der Waals surface area contributed by atoms with E-state index in [1.807, 2.05) is 39.0 Å². The molecule has 0 aliphatic carbocycles. The summed E-state index contributed by atoms with van der Waals surface area (Å²) < 4.78 is 0.918. The molecule has 110 valence electrons. The van der Waals surface area contributed by atoms with Crippen molar-refractivity contribution in [2.75, 3.05) is 31.5 Å². The summed E-state index contributed by atoms with van der Waals surface area (Å²) in [6.45, 7) is 9.66. The average molecular weight is 340 g/mol. The lowest BCUT2D eigenvalue weighted by Crippen LogP contribution is -2.58. The van der Waals surface area contributed by atoms with Crippen molar-refractivity contribution in [3.05, 3.63) is 28.2 Å². The summed E-state index contributed by atoms with van der Waals surface area (Å²) in [5, 5.41) is 6.34. The number of nitrogens with zero attached hydrogens (tertiary/aromatic N) is 1. The first-order valence-electron chi connectivity index (χ1n) is 6.94. The molecule has 0 atom stereocenters. The van der Waals surface area contributed by atoms with Gasteiger partial charge in [-0.15, -0.1) is 0 Å². The Hall–Kier alpha value is -0.910. The van der Waals surface area contributed by atoms with Gasteiger partial charge in [-0.3, -0.25) is 9.69 Å². The van der Waals surface area contributed by atoms with Gasteiger partial charge in [0.05, 0.1) is 11.2 Å². The molecular formula is C15H22BrN3O. The number of amides is 1. The Balaban J connectivity index is 2.09. The number of halogens is 1. The molecule has 1 fully saturated rings. The number of nitrogens with one attached hydrogen (secondary N) is 2. The van der Waals surface area contributed by atoms with Gasteiger partial charge in [-0.2, -0.15) is 0 Å². The molecule has 1 amide bonds. The van der Waals surface area contributed by atoms with E-state index in [1.54, 1.807) is 0 Å². The first-order chi connectivity index (χ1) is 9.41. The number of carbonyl (C=O) groups excluding carboxylic acids is 1. The topological polar surface area (TPSA) is 44.4 Å². The summed E-state index contributed by atoms with van der Waals surface area (Å²) in [7, 11) is 0. The normalized spacial score (nSPS) is 17.0. The predicted molar refractivity (Wildman–Crippen MR) is 86.0 cm³/mol. The zero-order chi connectivity index (χ0) is 14.8. The lowest BCUT2D eigenvalue weighted by Gasteiger charge is -2.39. The molecule has 1 aromatic rings. The van der Waals surface area contributed by atoms with E-state index in [1.165, 1.54) is 0 Å². The fourth-order valence-corrected chi connectivity index (χ4v) is 2.96. The molecule has 0 radical (unpaired) electrons. The van der Waals surface area contributed by atoms with Gasteiger partial charge in [-0.25, -0.2) is 0 Å². The zero-order valence-electron chi connectivity index (χ0n) is 12.3.